The van der Waals surface area contributed by atoms with Gasteiger partial charge in [0.1, 0.15) is 0 Å². The Labute approximate surface area is 254 Å². The third-order valence-electron chi connectivity index (χ3n) is 9.76. The summed E-state index contributed by atoms with van der Waals surface area (Å²) in [6.07, 6.45) is 6.73. The maximum absolute atomic E-state index is 12.9. The molecule has 42 heavy (non-hydrogen) atoms. The van der Waals surface area contributed by atoms with Crippen LogP contribution >= 0.6 is 11.6 Å². The molecule has 0 radical (unpaired) electrons. The molecule has 2 atom stereocenters. The van der Waals surface area contributed by atoms with Gasteiger partial charge in [0.15, 0.2) is 0 Å². The molecule has 2 saturated carbocycles. The van der Waals surface area contributed by atoms with Crippen LogP contribution in [0.2, 0.25) is 5.02 Å². The second-order valence-corrected chi connectivity index (χ2v) is 13.5. The highest BCUT2D eigenvalue weighted by Gasteiger charge is 2.47. The molecule has 2 aromatic rings. The van der Waals surface area contributed by atoms with Crippen LogP contribution in [-0.4, -0.2) is 67.4 Å². The van der Waals surface area contributed by atoms with Crippen molar-refractivity contribution in [2.45, 2.75) is 58.9 Å². The molecule has 1 heterocycles. The Balaban J connectivity index is 1.07. The Kier molecular flexibility index (Phi) is 9.58. The highest BCUT2D eigenvalue weighted by molar-refractivity contribution is 6.31. The number of carbonyl (C=O) groups excluding carboxylic acids is 3. The number of methoxy groups -OCH3 is 1. The van der Waals surface area contributed by atoms with E-state index in [-0.39, 0.29) is 29.7 Å². The van der Waals surface area contributed by atoms with E-state index in [1.807, 2.05) is 35.2 Å². The number of hydrogen-bond acceptors (Lipinski definition) is 5. The van der Waals surface area contributed by atoms with Crippen molar-refractivity contribution in [2.24, 2.45) is 23.2 Å². The first-order valence-corrected chi connectivity index (χ1v) is 15.8. The SMILES string of the molecule is CCC1CC2CC(C)(CC(=O)NCC(=O)N3CCN(Cc4cc(Cl)cc(-c5cccc(C(=O)OC)c5)c4)CC3)CC2C1. The van der Waals surface area contributed by atoms with E-state index in [0.29, 0.717) is 36.6 Å². The van der Waals surface area contributed by atoms with Gasteiger partial charge in [0.05, 0.1) is 19.2 Å². The third-order valence-corrected chi connectivity index (χ3v) is 9.97. The maximum atomic E-state index is 12.9. The molecule has 0 bridgehead atoms. The molecule has 3 aliphatic rings. The van der Waals surface area contributed by atoms with Crippen molar-refractivity contribution < 1.29 is 19.1 Å². The van der Waals surface area contributed by atoms with Gasteiger partial charge in [-0.15, -0.1) is 0 Å². The maximum Gasteiger partial charge on any atom is 0.337 e. The molecule has 8 heteroatoms. The minimum absolute atomic E-state index is 0.00499. The fourth-order valence-corrected chi connectivity index (χ4v) is 7.92. The molecule has 5 rings (SSSR count). The minimum atomic E-state index is -0.374. The molecule has 1 N–H and O–H groups in total. The van der Waals surface area contributed by atoms with Crippen molar-refractivity contribution in [3.63, 3.8) is 0 Å². The second-order valence-electron chi connectivity index (χ2n) is 13.0. The van der Waals surface area contributed by atoms with Crippen LogP contribution in [0.15, 0.2) is 42.5 Å². The average molecular weight is 594 g/mol. The van der Waals surface area contributed by atoms with Gasteiger partial charge in [-0.05, 0) is 95.9 Å². The largest absolute Gasteiger partial charge is 0.465 e. The smallest absolute Gasteiger partial charge is 0.337 e. The quantitative estimate of drug-likeness (QED) is 0.372. The van der Waals surface area contributed by atoms with E-state index in [0.717, 1.165) is 60.4 Å². The van der Waals surface area contributed by atoms with Crippen molar-refractivity contribution in [3.05, 3.63) is 58.6 Å². The number of benzene rings is 2. The van der Waals surface area contributed by atoms with Crippen LogP contribution in [0.3, 0.4) is 0 Å². The molecule has 2 aromatic carbocycles. The zero-order chi connectivity index (χ0) is 29.9. The van der Waals surface area contributed by atoms with E-state index < -0.39 is 0 Å². The minimum Gasteiger partial charge on any atom is -0.465 e. The molecule has 3 fully saturated rings. The van der Waals surface area contributed by atoms with Crippen LogP contribution in [0, 0.1) is 23.2 Å². The number of hydrogen-bond donors (Lipinski definition) is 1. The van der Waals surface area contributed by atoms with Gasteiger partial charge in [-0.25, -0.2) is 4.79 Å². The lowest BCUT2D eigenvalue weighted by Crippen LogP contribution is -2.51. The molecule has 2 amide bonds. The zero-order valence-electron chi connectivity index (χ0n) is 25.2. The summed E-state index contributed by atoms with van der Waals surface area (Å²) in [4.78, 5) is 41.8. The fourth-order valence-electron chi connectivity index (χ4n) is 7.67. The van der Waals surface area contributed by atoms with E-state index in [1.165, 1.54) is 26.4 Å². The van der Waals surface area contributed by atoms with E-state index in [1.54, 1.807) is 6.07 Å². The first kappa shape index (κ1) is 30.6. The molecule has 0 spiro atoms. The number of esters is 1. The van der Waals surface area contributed by atoms with Crippen LogP contribution in [0.25, 0.3) is 11.1 Å². The standard InChI is InChI=1S/C34H44ClN3O4/c1-4-23-12-28-18-34(2,19-29(28)13-23)20-31(39)36-21-32(40)38-10-8-37(9-11-38)22-24-14-27(17-30(35)15-24)25-6-5-7-26(16-25)33(41)42-3/h5-7,14-17,23,28-29H,4,8-13,18-22H2,1-3H3,(H,36,39). The molecule has 226 valence electrons. The summed E-state index contributed by atoms with van der Waals surface area (Å²) in [5.74, 6) is 2.05. The lowest BCUT2D eigenvalue weighted by atomic mass is 9.81. The molecule has 2 aliphatic carbocycles. The number of nitrogens with zero attached hydrogens (tertiary/aromatic N) is 2. The number of halogens is 1. The van der Waals surface area contributed by atoms with Crippen molar-refractivity contribution in [1.82, 2.24) is 15.1 Å². The van der Waals surface area contributed by atoms with Crippen molar-refractivity contribution in [1.29, 1.82) is 0 Å². The van der Waals surface area contributed by atoms with Crippen LogP contribution in [0.1, 0.15) is 68.3 Å². The van der Waals surface area contributed by atoms with Crippen molar-refractivity contribution in [2.75, 3.05) is 39.8 Å². The number of carbonyl (C=O) groups is 3. The van der Waals surface area contributed by atoms with Gasteiger partial charge in [-0.2, -0.15) is 0 Å². The molecule has 1 aliphatic heterocycles. The van der Waals surface area contributed by atoms with Gasteiger partial charge in [-0.3, -0.25) is 14.5 Å². The molecule has 7 nitrogen and oxygen atoms in total. The third kappa shape index (κ3) is 7.35. The zero-order valence-corrected chi connectivity index (χ0v) is 25.9. The number of fused-ring (bicyclic) bond motifs is 1. The van der Waals surface area contributed by atoms with Crippen LogP contribution < -0.4 is 5.32 Å². The lowest BCUT2D eigenvalue weighted by molar-refractivity contribution is -0.134. The fraction of sp³-hybridized carbons (Fsp3) is 0.559. The van der Waals surface area contributed by atoms with E-state index in [2.05, 4.69) is 30.1 Å². The van der Waals surface area contributed by atoms with Crippen LogP contribution in [-0.2, 0) is 20.9 Å². The van der Waals surface area contributed by atoms with E-state index in [9.17, 15) is 14.4 Å². The molecule has 2 unspecified atom stereocenters. The van der Waals surface area contributed by atoms with Crippen molar-refractivity contribution in [3.8, 4) is 11.1 Å². The number of ether oxygens (including phenoxy) is 1. The van der Waals surface area contributed by atoms with Crippen molar-refractivity contribution >= 4 is 29.4 Å². The Morgan fingerprint density at radius 1 is 1.00 bits per heavy atom. The Hall–Kier alpha value is -2.90. The topological polar surface area (TPSA) is 79.0 Å². The van der Waals surface area contributed by atoms with Gasteiger partial charge in [0.25, 0.3) is 0 Å². The number of nitrogens with one attached hydrogen (secondary N) is 1. The van der Waals surface area contributed by atoms with Gasteiger partial charge >= 0.3 is 5.97 Å². The summed E-state index contributed by atoms with van der Waals surface area (Å²) >= 11 is 6.47. The highest BCUT2D eigenvalue weighted by atomic mass is 35.5. The normalized spacial score (nSPS) is 25.7. The first-order chi connectivity index (χ1) is 20.1. The summed E-state index contributed by atoms with van der Waals surface area (Å²) in [5, 5.41) is 3.56. The molecule has 1 saturated heterocycles. The summed E-state index contributed by atoms with van der Waals surface area (Å²) in [5.41, 5.74) is 3.47. The van der Waals surface area contributed by atoms with Gasteiger partial charge in [0, 0.05) is 44.2 Å². The molecule has 0 aromatic heterocycles. The Morgan fingerprint density at radius 3 is 2.38 bits per heavy atom. The van der Waals surface area contributed by atoms with E-state index in [4.69, 9.17) is 16.3 Å². The number of rotatable bonds is 9. The van der Waals surface area contributed by atoms with Crippen LogP contribution in [0.4, 0.5) is 0 Å². The summed E-state index contributed by atoms with van der Waals surface area (Å²) in [6, 6.07) is 13.3. The van der Waals surface area contributed by atoms with E-state index >= 15 is 0 Å². The summed E-state index contributed by atoms with van der Waals surface area (Å²) < 4.78 is 4.86. The van der Waals surface area contributed by atoms with Crippen LogP contribution in [0.5, 0.6) is 0 Å². The van der Waals surface area contributed by atoms with Gasteiger partial charge in [-0.1, -0.05) is 44.0 Å². The lowest BCUT2D eigenvalue weighted by Gasteiger charge is -2.35. The highest BCUT2D eigenvalue weighted by Crippen LogP contribution is 2.56. The predicted molar refractivity (Wildman–Crippen MR) is 165 cm³/mol. The molecular formula is C34H44ClN3O4. The summed E-state index contributed by atoms with van der Waals surface area (Å²) in [7, 11) is 1.37. The summed E-state index contributed by atoms with van der Waals surface area (Å²) in [6.45, 7) is 8.09. The number of piperazine rings is 1. The first-order valence-electron chi connectivity index (χ1n) is 15.4. The molecular weight excluding hydrogens is 550 g/mol. The number of amides is 2. The van der Waals surface area contributed by atoms with Gasteiger partial charge in [0.2, 0.25) is 11.8 Å². The Bertz CT molecular complexity index is 1290. The predicted octanol–water partition coefficient (Wildman–Crippen LogP) is 5.80. The van der Waals surface area contributed by atoms with Gasteiger partial charge < -0.3 is 15.0 Å². The second kappa shape index (κ2) is 13.2. The Morgan fingerprint density at radius 2 is 1.71 bits per heavy atom. The average Bonchev–Trinajstić information content (AvgIpc) is 3.49. The monoisotopic (exact) mass is 593 g/mol.